The first-order valence-electron chi connectivity index (χ1n) is 12.9. The molecule has 1 aromatic rings. The Morgan fingerprint density at radius 1 is 1.09 bits per heavy atom. The lowest BCUT2D eigenvalue weighted by molar-refractivity contribution is -0.157. The topological polar surface area (TPSA) is 94.2 Å². The van der Waals surface area contributed by atoms with E-state index in [0.29, 0.717) is 25.4 Å². The van der Waals surface area contributed by atoms with Gasteiger partial charge in [0.1, 0.15) is 24.4 Å². The van der Waals surface area contributed by atoms with Gasteiger partial charge < -0.3 is 19.1 Å². The highest BCUT2D eigenvalue weighted by Crippen LogP contribution is 2.40. The molecule has 1 aromatic carbocycles. The number of fused-ring (bicyclic) bond motifs is 1. The number of amides is 1. The molecule has 35 heavy (non-hydrogen) atoms. The van der Waals surface area contributed by atoms with Crippen molar-refractivity contribution in [3.8, 4) is 5.75 Å². The summed E-state index contributed by atoms with van der Waals surface area (Å²) < 4.78 is 16.0. The molecule has 0 bridgehead atoms. The van der Waals surface area contributed by atoms with E-state index in [9.17, 15) is 14.4 Å². The Morgan fingerprint density at radius 3 is 2.46 bits per heavy atom. The Labute approximate surface area is 208 Å². The van der Waals surface area contributed by atoms with Crippen LogP contribution in [-0.4, -0.2) is 60.6 Å². The van der Waals surface area contributed by atoms with Gasteiger partial charge in [0.05, 0.1) is 19.8 Å². The van der Waals surface area contributed by atoms with E-state index in [4.69, 9.17) is 14.2 Å². The molecule has 8 nitrogen and oxygen atoms in total. The molecule has 1 heterocycles. The third-order valence-electron chi connectivity index (χ3n) is 7.12. The summed E-state index contributed by atoms with van der Waals surface area (Å²) in [5.74, 6) is 0.168. The molecule has 5 atom stereocenters. The fraction of sp³-hybridized carbons (Fsp3) is 0.667. The minimum atomic E-state index is -0.617. The fourth-order valence-electron chi connectivity index (χ4n) is 5.36. The van der Waals surface area contributed by atoms with E-state index in [2.05, 4.69) is 5.32 Å². The van der Waals surface area contributed by atoms with Crippen LogP contribution in [0.25, 0.3) is 0 Å². The molecular formula is C27H40N2O6. The molecule has 1 amide bonds. The van der Waals surface area contributed by atoms with Crippen molar-refractivity contribution in [2.24, 2.45) is 5.92 Å². The van der Waals surface area contributed by atoms with Crippen LogP contribution in [0.1, 0.15) is 71.3 Å². The second-order valence-corrected chi connectivity index (χ2v) is 9.55. The molecule has 2 aliphatic rings. The largest absolute Gasteiger partial charge is 0.497 e. The third kappa shape index (κ3) is 6.75. The predicted octanol–water partition coefficient (Wildman–Crippen LogP) is 3.61. The Bertz CT molecular complexity index is 858. The summed E-state index contributed by atoms with van der Waals surface area (Å²) >= 11 is 0. The van der Waals surface area contributed by atoms with Gasteiger partial charge in [0.15, 0.2) is 0 Å². The highest BCUT2D eigenvalue weighted by atomic mass is 16.5. The fourth-order valence-corrected chi connectivity index (χ4v) is 5.36. The molecule has 1 N–H and O–H groups in total. The van der Waals surface area contributed by atoms with E-state index in [1.807, 2.05) is 31.2 Å². The lowest BCUT2D eigenvalue weighted by atomic mass is 9.84. The van der Waals surface area contributed by atoms with Crippen molar-refractivity contribution in [2.45, 2.75) is 96.5 Å². The standard InChI is InChI=1S/C27H40N2O6/c1-5-9-22(26(31)34-6-2)28-18(3)25(30)29-23-11-8-7-10-20(23)16-24(29)27(32)35-17-19-12-14-21(33-4)15-13-19/h12-15,18,20,22-24,28H,5-11,16-17H2,1-4H3. The number of benzene rings is 1. The normalized spacial score (nSPS) is 23.2. The molecule has 194 valence electrons. The Hall–Kier alpha value is -2.61. The van der Waals surface area contributed by atoms with E-state index in [-0.39, 0.29) is 30.5 Å². The van der Waals surface area contributed by atoms with Gasteiger partial charge in [-0.1, -0.05) is 38.3 Å². The Balaban J connectivity index is 1.70. The van der Waals surface area contributed by atoms with Gasteiger partial charge in [0.25, 0.3) is 0 Å². The first kappa shape index (κ1) is 27.0. The summed E-state index contributed by atoms with van der Waals surface area (Å²) in [5.41, 5.74) is 0.860. The van der Waals surface area contributed by atoms with Gasteiger partial charge in [-0.15, -0.1) is 0 Å². The number of ether oxygens (including phenoxy) is 3. The van der Waals surface area contributed by atoms with Crippen LogP contribution in [-0.2, 0) is 30.5 Å². The quantitative estimate of drug-likeness (QED) is 0.476. The first-order valence-corrected chi connectivity index (χ1v) is 12.9. The number of nitrogens with zero attached hydrogens (tertiary/aromatic N) is 1. The zero-order valence-electron chi connectivity index (χ0n) is 21.5. The van der Waals surface area contributed by atoms with E-state index in [1.54, 1.807) is 25.9 Å². The maximum Gasteiger partial charge on any atom is 0.329 e. The molecule has 1 saturated carbocycles. The number of carbonyl (C=O) groups is 3. The van der Waals surface area contributed by atoms with Gasteiger partial charge in [0, 0.05) is 6.04 Å². The van der Waals surface area contributed by atoms with Gasteiger partial charge in [-0.2, -0.15) is 0 Å². The minimum Gasteiger partial charge on any atom is -0.497 e. The predicted molar refractivity (Wildman–Crippen MR) is 132 cm³/mol. The first-order chi connectivity index (χ1) is 16.9. The molecule has 8 heteroatoms. The Kier molecular flexibility index (Phi) is 9.95. The average molecular weight is 489 g/mol. The molecule has 3 rings (SSSR count). The molecule has 0 spiro atoms. The van der Waals surface area contributed by atoms with Crippen LogP contribution in [0.2, 0.25) is 0 Å². The van der Waals surface area contributed by atoms with Crippen molar-refractivity contribution < 1.29 is 28.6 Å². The van der Waals surface area contributed by atoms with Crippen molar-refractivity contribution >= 4 is 17.8 Å². The maximum absolute atomic E-state index is 13.7. The average Bonchev–Trinajstić information content (AvgIpc) is 3.26. The number of rotatable bonds is 11. The summed E-state index contributed by atoms with van der Waals surface area (Å²) in [5, 5.41) is 3.17. The number of hydrogen-bond donors (Lipinski definition) is 1. The van der Waals surface area contributed by atoms with Gasteiger partial charge in [-0.25, -0.2) is 4.79 Å². The summed E-state index contributed by atoms with van der Waals surface area (Å²) in [6.07, 6.45) is 6.05. The van der Waals surface area contributed by atoms with Crippen molar-refractivity contribution in [3.63, 3.8) is 0 Å². The molecule has 0 radical (unpaired) electrons. The zero-order chi connectivity index (χ0) is 25.4. The van der Waals surface area contributed by atoms with Crippen LogP contribution in [0.5, 0.6) is 5.75 Å². The van der Waals surface area contributed by atoms with Crippen molar-refractivity contribution in [2.75, 3.05) is 13.7 Å². The highest BCUT2D eigenvalue weighted by molar-refractivity contribution is 5.89. The highest BCUT2D eigenvalue weighted by Gasteiger charge is 2.49. The molecule has 1 aliphatic heterocycles. The van der Waals surface area contributed by atoms with Gasteiger partial charge in [-0.05, 0) is 63.1 Å². The summed E-state index contributed by atoms with van der Waals surface area (Å²) in [6.45, 7) is 5.96. The van der Waals surface area contributed by atoms with E-state index < -0.39 is 18.1 Å². The lowest BCUT2D eigenvalue weighted by Crippen LogP contribution is -2.55. The van der Waals surface area contributed by atoms with Crippen LogP contribution in [0, 0.1) is 5.92 Å². The number of methoxy groups -OCH3 is 1. The Morgan fingerprint density at radius 2 is 1.80 bits per heavy atom. The number of hydrogen-bond acceptors (Lipinski definition) is 7. The summed E-state index contributed by atoms with van der Waals surface area (Å²) in [7, 11) is 1.60. The molecule has 1 saturated heterocycles. The van der Waals surface area contributed by atoms with Crippen LogP contribution >= 0.6 is 0 Å². The second-order valence-electron chi connectivity index (χ2n) is 9.55. The SMILES string of the molecule is CCCC(NC(C)C(=O)N1C(C(=O)OCc2ccc(OC)cc2)CC2CCCCC21)C(=O)OCC. The van der Waals surface area contributed by atoms with E-state index in [1.165, 1.54) is 0 Å². The summed E-state index contributed by atoms with van der Waals surface area (Å²) in [4.78, 5) is 41.0. The van der Waals surface area contributed by atoms with Crippen molar-refractivity contribution in [1.29, 1.82) is 0 Å². The molecule has 1 aliphatic carbocycles. The smallest absolute Gasteiger partial charge is 0.329 e. The van der Waals surface area contributed by atoms with E-state index >= 15 is 0 Å². The van der Waals surface area contributed by atoms with E-state index in [0.717, 1.165) is 43.4 Å². The number of nitrogens with one attached hydrogen (secondary N) is 1. The zero-order valence-corrected chi connectivity index (χ0v) is 21.5. The van der Waals surface area contributed by atoms with Crippen LogP contribution < -0.4 is 10.1 Å². The maximum atomic E-state index is 13.7. The van der Waals surface area contributed by atoms with Gasteiger partial charge in [0.2, 0.25) is 5.91 Å². The minimum absolute atomic E-state index is 0.0336. The van der Waals surface area contributed by atoms with Gasteiger partial charge in [-0.3, -0.25) is 14.9 Å². The van der Waals surface area contributed by atoms with Crippen LogP contribution in [0.3, 0.4) is 0 Å². The van der Waals surface area contributed by atoms with Crippen molar-refractivity contribution in [1.82, 2.24) is 10.2 Å². The van der Waals surface area contributed by atoms with Crippen molar-refractivity contribution in [3.05, 3.63) is 29.8 Å². The number of likely N-dealkylation sites (tertiary alicyclic amines) is 1. The summed E-state index contributed by atoms with van der Waals surface area (Å²) in [6, 6.07) is 5.63. The van der Waals surface area contributed by atoms with Gasteiger partial charge >= 0.3 is 11.9 Å². The molecule has 0 aromatic heterocycles. The number of esters is 2. The molecule has 5 unspecified atom stereocenters. The molecule has 2 fully saturated rings. The number of carbonyl (C=O) groups excluding carboxylic acids is 3. The molecular weight excluding hydrogens is 448 g/mol. The lowest BCUT2D eigenvalue weighted by Gasteiger charge is -2.35. The second kappa shape index (κ2) is 12.9. The van der Waals surface area contributed by atoms with Crippen LogP contribution in [0.15, 0.2) is 24.3 Å². The van der Waals surface area contributed by atoms with Crippen LogP contribution in [0.4, 0.5) is 0 Å². The monoisotopic (exact) mass is 488 g/mol. The third-order valence-corrected chi connectivity index (χ3v) is 7.12.